The van der Waals surface area contributed by atoms with Crippen molar-refractivity contribution in [3.63, 3.8) is 0 Å². The molecular weight excluding hydrogens is 218 g/mol. The number of aryl methyl sites for hydroxylation is 3. The Morgan fingerprint density at radius 2 is 1.39 bits per heavy atom. The van der Waals surface area contributed by atoms with E-state index in [1.165, 1.54) is 27.8 Å². The molecule has 0 aliphatic carbocycles. The highest BCUT2D eigenvalue weighted by atomic mass is 14.6. The van der Waals surface area contributed by atoms with E-state index in [9.17, 15) is 0 Å². The Morgan fingerprint density at radius 1 is 0.833 bits per heavy atom. The molecule has 0 aliphatic rings. The number of nitrogens with two attached hydrogens (primary N) is 1. The fourth-order valence-corrected chi connectivity index (χ4v) is 2.59. The summed E-state index contributed by atoms with van der Waals surface area (Å²) < 4.78 is 0. The molecule has 2 aromatic carbocycles. The molecule has 0 saturated heterocycles. The maximum atomic E-state index is 6.40. The number of hydrogen-bond donors (Lipinski definition) is 1. The van der Waals surface area contributed by atoms with E-state index in [2.05, 4.69) is 63.2 Å². The lowest BCUT2D eigenvalue weighted by molar-refractivity contribution is 0.708. The molecule has 2 aromatic rings. The SMILES string of the molecule is Cc1ccccc1CC(N)c1c(C)cccc1C. The van der Waals surface area contributed by atoms with Gasteiger partial charge in [0, 0.05) is 6.04 Å². The summed E-state index contributed by atoms with van der Waals surface area (Å²) in [5.74, 6) is 0. The number of rotatable bonds is 3. The molecule has 0 fully saturated rings. The summed E-state index contributed by atoms with van der Waals surface area (Å²) in [6.07, 6.45) is 0.901. The van der Waals surface area contributed by atoms with Crippen molar-refractivity contribution in [3.8, 4) is 0 Å². The van der Waals surface area contributed by atoms with Crippen molar-refractivity contribution in [2.75, 3.05) is 0 Å². The Morgan fingerprint density at radius 3 is 2.00 bits per heavy atom. The highest BCUT2D eigenvalue weighted by Gasteiger charge is 2.13. The van der Waals surface area contributed by atoms with Crippen LogP contribution in [-0.4, -0.2) is 0 Å². The largest absolute Gasteiger partial charge is 0.324 e. The molecule has 0 radical (unpaired) electrons. The fourth-order valence-electron chi connectivity index (χ4n) is 2.59. The summed E-state index contributed by atoms with van der Waals surface area (Å²) in [5, 5.41) is 0. The maximum absolute atomic E-state index is 6.40. The summed E-state index contributed by atoms with van der Waals surface area (Å²) in [6, 6.07) is 14.9. The van der Waals surface area contributed by atoms with Crippen LogP contribution in [0.3, 0.4) is 0 Å². The lowest BCUT2D eigenvalue weighted by Gasteiger charge is -2.18. The van der Waals surface area contributed by atoms with E-state index in [4.69, 9.17) is 5.73 Å². The lowest BCUT2D eigenvalue weighted by atomic mass is 9.91. The minimum absolute atomic E-state index is 0.0762. The van der Waals surface area contributed by atoms with Crippen molar-refractivity contribution >= 4 is 0 Å². The molecule has 1 atom stereocenters. The van der Waals surface area contributed by atoms with Crippen LogP contribution < -0.4 is 5.73 Å². The second kappa shape index (κ2) is 5.36. The predicted molar refractivity (Wildman–Crippen MR) is 77.7 cm³/mol. The zero-order valence-corrected chi connectivity index (χ0v) is 11.4. The quantitative estimate of drug-likeness (QED) is 0.865. The zero-order valence-electron chi connectivity index (χ0n) is 11.4. The monoisotopic (exact) mass is 239 g/mol. The Kier molecular flexibility index (Phi) is 3.83. The Hall–Kier alpha value is -1.60. The first-order valence-electron chi connectivity index (χ1n) is 6.46. The lowest BCUT2D eigenvalue weighted by Crippen LogP contribution is -2.16. The average Bonchev–Trinajstić information content (AvgIpc) is 2.32. The van der Waals surface area contributed by atoms with Gasteiger partial charge in [-0.05, 0) is 55.0 Å². The van der Waals surface area contributed by atoms with Crippen LogP contribution >= 0.6 is 0 Å². The van der Waals surface area contributed by atoms with E-state index >= 15 is 0 Å². The summed E-state index contributed by atoms with van der Waals surface area (Å²) in [6.45, 7) is 6.42. The predicted octanol–water partition coefficient (Wildman–Crippen LogP) is 3.85. The van der Waals surface area contributed by atoms with Gasteiger partial charge in [-0.15, -0.1) is 0 Å². The van der Waals surface area contributed by atoms with E-state index < -0.39 is 0 Å². The molecule has 0 aromatic heterocycles. The van der Waals surface area contributed by atoms with Gasteiger partial charge in [-0.2, -0.15) is 0 Å². The molecule has 1 nitrogen and oxygen atoms in total. The minimum atomic E-state index is 0.0762. The van der Waals surface area contributed by atoms with Crippen LogP contribution in [0, 0.1) is 20.8 Å². The average molecular weight is 239 g/mol. The molecule has 1 heteroatoms. The zero-order chi connectivity index (χ0) is 13.1. The number of benzene rings is 2. The Bertz CT molecular complexity index is 523. The van der Waals surface area contributed by atoms with Crippen LogP contribution in [0.2, 0.25) is 0 Å². The molecule has 1 unspecified atom stereocenters. The topological polar surface area (TPSA) is 26.0 Å². The van der Waals surface area contributed by atoms with Crippen molar-refractivity contribution in [2.45, 2.75) is 33.2 Å². The molecule has 0 saturated carbocycles. The molecule has 0 heterocycles. The van der Waals surface area contributed by atoms with E-state index in [0.717, 1.165) is 6.42 Å². The highest BCUT2D eigenvalue weighted by Crippen LogP contribution is 2.24. The summed E-state index contributed by atoms with van der Waals surface area (Å²) in [7, 11) is 0. The van der Waals surface area contributed by atoms with E-state index in [0.29, 0.717) is 0 Å². The van der Waals surface area contributed by atoms with E-state index in [-0.39, 0.29) is 6.04 Å². The molecule has 2 rings (SSSR count). The van der Waals surface area contributed by atoms with Gasteiger partial charge in [0.25, 0.3) is 0 Å². The van der Waals surface area contributed by atoms with Gasteiger partial charge in [-0.25, -0.2) is 0 Å². The molecule has 0 bridgehead atoms. The van der Waals surface area contributed by atoms with Crippen molar-refractivity contribution in [2.24, 2.45) is 5.73 Å². The number of hydrogen-bond acceptors (Lipinski definition) is 1. The van der Waals surface area contributed by atoms with Gasteiger partial charge in [-0.3, -0.25) is 0 Å². The third kappa shape index (κ3) is 2.62. The van der Waals surface area contributed by atoms with Crippen LogP contribution in [-0.2, 0) is 6.42 Å². The normalized spacial score (nSPS) is 12.4. The fraction of sp³-hybridized carbons (Fsp3) is 0.294. The molecule has 0 spiro atoms. The minimum Gasteiger partial charge on any atom is -0.324 e. The van der Waals surface area contributed by atoms with Crippen molar-refractivity contribution in [1.82, 2.24) is 0 Å². The molecular formula is C17H21N. The first-order chi connectivity index (χ1) is 8.59. The first-order valence-corrected chi connectivity index (χ1v) is 6.46. The maximum Gasteiger partial charge on any atom is 0.0341 e. The van der Waals surface area contributed by atoms with Crippen molar-refractivity contribution in [1.29, 1.82) is 0 Å². The third-order valence-electron chi connectivity index (χ3n) is 3.61. The van der Waals surface area contributed by atoms with Gasteiger partial charge >= 0.3 is 0 Å². The van der Waals surface area contributed by atoms with Crippen LogP contribution in [0.1, 0.15) is 33.9 Å². The van der Waals surface area contributed by atoms with Crippen molar-refractivity contribution < 1.29 is 0 Å². The van der Waals surface area contributed by atoms with Gasteiger partial charge in [0.15, 0.2) is 0 Å². The molecule has 0 amide bonds. The van der Waals surface area contributed by atoms with Gasteiger partial charge in [0.2, 0.25) is 0 Å². The Labute approximate surface area is 110 Å². The first kappa shape index (κ1) is 12.8. The summed E-state index contributed by atoms with van der Waals surface area (Å²) in [5.41, 5.74) is 12.9. The van der Waals surface area contributed by atoms with Gasteiger partial charge < -0.3 is 5.73 Å². The third-order valence-corrected chi connectivity index (χ3v) is 3.61. The molecule has 18 heavy (non-hydrogen) atoms. The second-order valence-electron chi connectivity index (χ2n) is 5.04. The molecule has 2 N–H and O–H groups in total. The van der Waals surface area contributed by atoms with Crippen LogP contribution in [0.5, 0.6) is 0 Å². The second-order valence-corrected chi connectivity index (χ2v) is 5.04. The van der Waals surface area contributed by atoms with E-state index in [1.807, 2.05) is 0 Å². The van der Waals surface area contributed by atoms with Crippen LogP contribution in [0.25, 0.3) is 0 Å². The molecule has 94 valence electrons. The standard InChI is InChI=1S/C17H21N/c1-12-7-4-5-10-15(12)11-16(18)17-13(2)8-6-9-14(17)3/h4-10,16H,11,18H2,1-3H3. The van der Waals surface area contributed by atoms with Crippen LogP contribution in [0.15, 0.2) is 42.5 Å². The van der Waals surface area contributed by atoms with Crippen LogP contribution in [0.4, 0.5) is 0 Å². The summed E-state index contributed by atoms with van der Waals surface area (Å²) >= 11 is 0. The van der Waals surface area contributed by atoms with Gasteiger partial charge in [0.05, 0.1) is 0 Å². The Balaban J connectivity index is 2.28. The van der Waals surface area contributed by atoms with Gasteiger partial charge in [-0.1, -0.05) is 42.5 Å². The van der Waals surface area contributed by atoms with E-state index in [1.54, 1.807) is 0 Å². The van der Waals surface area contributed by atoms with Crippen molar-refractivity contribution in [3.05, 3.63) is 70.3 Å². The smallest absolute Gasteiger partial charge is 0.0341 e. The molecule has 0 aliphatic heterocycles. The summed E-state index contributed by atoms with van der Waals surface area (Å²) in [4.78, 5) is 0. The highest BCUT2D eigenvalue weighted by molar-refractivity contribution is 5.38. The van der Waals surface area contributed by atoms with Gasteiger partial charge in [0.1, 0.15) is 0 Å².